The molecule has 0 saturated heterocycles. The highest BCUT2D eigenvalue weighted by atomic mass is 16.3. The fraction of sp³-hybridized carbons (Fsp3) is 0.400. The molecule has 0 aliphatic carbocycles. The van der Waals surface area contributed by atoms with E-state index in [1.54, 1.807) is 12.1 Å². The summed E-state index contributed by atoms with van der Waals surface area (Å²) in [4.78, 5) is 12.0. The summed E-state index contributed by atoms with van der Waals surface area (Å²) in [5.74, 6) is 1.99. The number of aromatic hydroxyl groups is 2. The molecule has 0 fully saturated rings. The number of rotatable bonds is 11. The number of aryl methyl sites for hydroxylation is 2. The van der Waals surface area contributed by atoms with Gasteiger partial charge < -0.3 is 15.1 Å². The SMILES string of the molecule is CCCCc1cc(N(CCCC)c2cc(CCCC)c3cccc(O)c3n2)nc2c(O)cccc12. The summed E-state index contributed by atoms with van der Waals surface area (Å²) in [6.45, 7) is 7.32. The predicted octanol–water partition coefficient (Wildman–Crippen LogP) is 7.82. The maximum absolute atomic E-state index is 10.7. The van der Waals surface area contributed by atoms with Crippen LogP contribution in [-0.2, 0) is 12.8 Å². The monoisotopic (exact) mass is 471 g/mol. The summed E-state index contributed by atoms with van der Waals surface area (Å²) < 4.78 is 0. The van der Waals surface area contributed by atoms with Gasteiger partial charge in [-0.05, 0) is 67.5 Å². The van der Waals surface area contributed by atoms with Gasteiger partial charge in [-0.15, -0.1) is 0 Å². The number of pyridine rings is 2. The van der Waals surface area contributed by atoms with Crippen molar-refractivity contribution >= 4 is 33.4 Å². The Balaban J connectivity index is 1.92. The van der Waals surface area contributed by atoms with Crippen LogP contribution in [0.5, 0.6) is 11.5 Å². The van der Waals surface area contributed by atoms with Crippen LogP contribution in [0, 0.1) is 0 Å². The van der Waals surface area contributed by atoms with Gasteiger partial charge in [-0.1, -0.05) is 64.3 Å². The predicted molar refractivity (Wildman–Crippen MR) is 146 cm³/mol. The molecule has 184 valence electrons. The number of hydrogen-bond donors (Lipinski definition) is 2. The molecule has 0 aliphatic rings. The van der Waals surface area contributed by atoms with Gasteiger partial charge in [0, 0.05) is 17.3 Å². The number of phenolic OH excluding ortho intramolecular Hbond substituents is 2. The number of unbranched alkanes of at least 4 members (excludes halogenated alkanes) is 3. The first kappa shape index (κ1) is 24.8. The lowest BCUT2D eigenvalue weighted by Crippen LogP contribution is -2.21. The zero-order valence-electron chi connectivity index (χ0n) is 21.2. The van der Waals surface area contributed by atoms with Gasteiger partial charge in [-0.25, -0.2) is 9.97 Å². The van der Waals surface area contributed by atoms with Gasteiger partial charge in [0.1, 0.15) is 34.2 Å². The van der Waals surface area contributed by atoms with E-state index in [2.05, 4.69) is 37.8 Å². The number of para-hydroxylation sites is 2. The van der Waals surface area contributed by atoms with Gasteiger partial charge in [-0.3, -0.25) is 0 Å². The number of fused-ring (bicyclic) bond motifs is 2. The molecule has 4 aromatic rings. The lowest BCUT2D eigenvalue weighted by atomic mass is 10.0. The lowest BCUT2D eigenvalue weighted by molar-refractivity contribution is 0.480. The van der Waals surface area contributed by atoms with Crippen molar-refractivity contribution in [2.45, 2.75) is 72.1 Å². The standard InChI is InChI=1S/C30H37N3O2/c1-4-7-12-21-19-27(31-29-23(21)14-10-16-25(29)34)33(18-9-6-3)28-20-22(13-8-5-2)24-15-11-17-26(35)30(24)32-28/h10-11,14-17,19-20,34-35H,4-9,12-13,18H2,1-3H3. The molecule has 4 rings (SSSR count). The molecule has 0 aliphatic heterocycles. The van der Waals surface area contributed by atoms with Crippen molar-refractivity contribution in [2.75, 3.05) is 11.4 Å². The largest absolute Gasteiger partial charge is 0.506 e. The van der Waals surface area contributed by atoms with Gasteiger partial charge >= 0.3 is 0 Å². The topological polar surface area (TPSA) is 69.5 Å². The summed E-state index contributed by atoms with van der Waals surface area (Å²) in [6, 6.07) is 15.6. The molecule has 35 heavy (non-hydrogen) atoms. The molecular weight excluding hydrogens is 434 g/mol. The number of hydrogen-bond acceptors (Lipinski definition) is 5. The van der Waals surface area contributed by atoms with E-state index in [1.165, 1.54) is 11.1 Å². The highest BCUT2D eigenvalue weighted by molar-refractivity contribution is 5.91. The summed E-state index contributed by atoms with van der Waals surface area (Å²) in [5, 5.41) is 23.3. The van der Waals surface area contributed by atoms with E-state index in [1.807, 2.05) is 24.3 Å². The third-order valence-corrected chi connectivity index (χ3v) is 6.67. The average molecular weight is 472 g/mol. The summed E-state index contributed by atoms with van der Waals surface area (Å²) in [6.07, 6.45) is 8.24. The molecule has 0 unspecified atom stereocenters. The molecule has 2 aromatic heterocycles. The van der Waals surface area contributed by atoms with Gasteiger partial charge in [0.2, 0.25) is 0 Å². The molecule has 5 nitrogen and oxygen atoms in total. The Morgan fingerprint density at radius 1 is 0.657 bits per heavy atom. The van der Waals surface area contributed by atoms with Crippen LogP contribution in [0.25, 0.3) is 21.8 Å². The number of aromatic nitrogens is 2. The second-order valence-corrected chi connectivity index (χ2v) is 9.34. The number of phenols is 2. The van der Waals surface area contributed by atoms with Crippen molar-refractivity contribution in [3.63, 3.8) is 0 Å². The maximum Gasteiger partial charge on any atom is 0.141 e. The Labute approximate surface area is 208 Å². The van der Waals surface area contributed by atoms with Gasteiger partial charge in [0.05, 0.1) is 0 Å². The lowest BCUT2D eigenvalue weighted by Gasteiger charge is -2.25. The van der Waals surface area contributed by atoms with Crippen LogP contribution >= 0.6 is 0 Å². The summed E-state index contributed by atoms with van der Waals surface area (Å²) in [7, 11) is 0. The van der Waals surface area contributed by atoms with Crippen LogP contribution in [0.15, 0.2) is 48.5 Å². The Morgan fingerprint density at radius 3 is 1.54 bits per heavy atom. The van der Waals surface area contributed by atoms with E-state index < -0.39 is 0 Å². The Kier molecular flexibility index (Phi) is 8.06. The van der Waals surface area contributed by atoms with Crippen LogP contribution in [0.2, 0.25) is 0 Å². The van der Waals surface area contributed by atoms with E-state index in [4.69, 9.17) is 9.97 Å². The molecular formula is C30H37N3O2. The molecule has 2 heterocycles. The van der Waals surface area contributed by atoms with E-state index in [-0.39, 0.29) is 11.5 Å². The van der Waals surface area contributed by atoms with Crippen molar-refractivity contribution in [3.05, 3.63) is 59.7 Å². The first-order valence-corrected chi connectivity index (χ1v) is 13.1. The molecule has 0 saturated carbocycles. The zero-order chi connectivity index (χ0) is 24.8. The first-order chi connectivity index (χ1) is 17.1. The van der Waals surface area contributed by atoms with Gasteiger partial charge in [-0.2, -0.15) is 0 Å². The highest BCUT2D eigenvalue weighted by Crippen LogP contribution is 2.35. The average Bonchev–Trinajstić information content (AvgIpc) is 2.87. The smallest absolute Gasteiger partial charge is 0.141 e. The van der Waals surface area contributed by atoms with E-state index >= 15 is 0 Å². The van der Waals surface area contributed by atoms with Gasteiger partial charge in [0.15, 0.2) is 0 Å². The van der Waals surface area contributed by atoms with E-state index in [0.717, 1.165) is 80.3 Å². The van der Waals surface area contributed by atoms with Crippen LogP contribution in [-0.4, -0.2) is 26.7 Å². The number of anilines is 2. The van der Waals surface area contributed by atoms with Crippen molar-refractivity contribution in [3.8, 4) is 11.5 Å². The Bertz CT molecular complexity index is 1200. The minimum atomic E-state index is 0.199. The molecule has 2 aromatic carbocycles. The minimum absolute atomic E-state index is 0.199. The van der Waals surface area contributed by atoms with E-state index in [0.29, 0.717) is 11.0 Å². The zero-order valence-corrected chi connectivity index (χ0v) is 21.2. The van der Waals surface area contributed by atoms with Crippen LogP contribution in [0.4, 0.5) is 11.6 Å². The fourth-order valence-corrected chi connectivity index (χ4v) is 4.66. The minimum Gasteiger partial charge on any atom is -0.506 e. The van der Waals surface area contributed by atoms with Crippen molar-refractivity contribution in [1.29, 1.82) is 0 Å². The third kappa shape index (κ3) is 5.34. The van der Waals surface area contributed by atoms with Gasteiger partial charge in [0.25, 0.3) is 0 Å². The molecule has 0 radical (unpaired) electrons. The fourth-order valence-electron chi connectivity index (χ4n) is 4.66. The van der Waals surface area contributed by atoms with Crippen LogP contribution in [0.1, 0.15) is 70.4 Å². The van der Waals surface area contributed by atoms with Crippen LogP contribution in [0.3, 0.4) is 0 Å². The summed E-state index contributed by atoms with van der Waals surface area (Å²) >= 11 is 0. The maximum atomic E-state index is 10.7. The molecule has 0 spiro atoms. The molecule has 5 heteroatoms. The van der Waals surface area contributed by atoms with Crippen molar-refractivity contribution in [2.24, 2.45) is 0 Å². The van der Waals surface area contributed by atoms with Crippen molar-refractivity contribution < 1.29 is 10.2 Å². The molecule has 2 N–H and O–H groups in total. The summed E-state index contributed by atoms with van der Waals surface area (Å²) in [5.41, 5.74) is 3.65. The Morgan fingerprint density at radius 2 is 1.11 bits per heavy atom. The number of benzene rings is 2. The normalized spacial score (nSPS) is 11.4. The van der Waals surface area contributed by atoms with Crippen molar-refractivity contribution in [1.82, 2.24) is 9.97 Å². The molecule has 0 bridgehead atoms. The quantitative estimate of drug-likeness (QED) is 0.233. The number of nitrogens with zero attached hydrogens (tertiary/aromatic N) is 3. The second kappa shape index (κ2) is 11.4. The molecule has 0 atom stereocenters. The second-order valence-electron chi connectivity index (χ2n) is 9.34. The highest BCUT2D eigenvalue weighted by Gasteiger charge is 2.19. The molecule has 0 amide bonds. The first-order valence-electron chi connectivity index (χ1n) is 13.1. The van der Waals surface area contributed by atoms with E-state index in [9.17, 15) is 10.2 Å². The Hall–Kier alpha value is -3.34. The third-order valence-electron chi connectivity index (χ3n) is 6.67. The van der Waals surface area contributed by atoms with Crippen LogP contribution < -0.4 is 4.90 Å².